The number of nitrogens with zero attached hydrogens (tertiary/aromatic N) is 4. The number of carbonyl (C=O) groups is 1. The molecule has 3 heterocycles. The Kier molecular flexibility index (Phi) is 12.1. The monoisotopic (exact) mass is 696 g/mol. The van der Waals surface area contributed by atoms with Gasteiger partial charge in [-0.15, -0.1) is 0 Å². The van der Waals surface area contributed by atoms with Crippen molar-refractivity contribution in [3.05, 3.63) is 75.7 Å². The van der Waals surface area contributed by atoms with E-state index >= 15 is 0 Å². The number of nitrogen functional groups attached to an aromatic ring is 1. The number of hydrogen-bond donors (Lipinski definition) is 6. The van der Waals surface area contributed by atoms with Crippen LogP contribution in [0, 0.1) is 5.92 Å². The topological polar surface area (TPSA) is 224 Å². The molecule has 1 saturated heterocycles. The molecule has 8 N–H and O–H groups in total. The number of aromatic nitrogens is 4. The van der Waals surface area contributed by atoms with E-state index in [4.69, 9.17) is 26.0 Å². The quantitative estimate of drug-likeness (QED) is 0.0735. The molecule has 1 fully saturated rings. The summed E-state index contributed by atoms with van der Waals surface area (Å²) in [5, 5.41) is 2.95. The molecular weight excluding hydrogens is 651 g/mol. The van der Waals surface area contributed by atoms with Crippen LogP contribution < -0.4 is 31.7 Å². The van der Waals surface area contributed by atoms with E-state index in [0.29, 0.717) is 43.2 Å². The molecule has 0 aliphatic carbocycles. The Bertz CT molecular complexity index is 1800. The van der Waals surface area contributed by atoms with Gasteiger partial charge in [0, 0.05) is 13.1 Å². The first kappa shape index (κ1) is 36.0. The number of phosphoric acid groups is 1. The van der Waals surface area contributed by atoms with Crippen molar-refractivity contribution in [1.29, 1.82) is 0 Å². The summed E-state index contributed by atoms with van der Waals surface area (Å²) in [5.74, 6) is 0.504. The second-order valence-electron chi connectivity index (χ2n) is 12.5. The zero-order chi connectivity index (χ0) is 35.0. The number of nitrogens with two attached hydrogens (primary N) is 2. The highest BCUT2D eigenvalue weighted by atomic mass is 31.2. The summed E-state index contributed by atoms with van der Waals surface area (Å²) in [6.45, 7) is 6.21. The smallest absolute Gasteiger partial charge is 0.463 e. The number of ether oxygens (including phenoxy) is 1. The van der Waals surface area contributed by atoms with Gasteiger partial charge in [0.1, 0.15) is 11.3 Å². The van der Waals surface area contributed by atoms with E-state index < -0.39 is 13.9 Å². The molecule has 4 aromatic rings. The molecule has 0 saturated carbocycles. The number of H-pyrrole nitrogens is 1. The molecule has 0 bridgehead atoms. The lowest BCUT2D eigenvalue weighted by molar-refractivity contribution is -0.122. The van der Waals surface area contributed by atoms with E-state index in [-0.39, 0.29) is 29.2 Å². The molecule has 2 aromatic heterocycles. The number of nitrogens with one attached hydrogen (secondary N) is 2. The van der Waals surface area contributed by atoms with Crippen LogP contribution in [0.15, 0.2) is 53.3 Å². The van der Waals surface area contributed by atoms with E-state index in [2.05, 4.69) is 48.7 Å². The highest BCUT2D eigenvalue weighted by Crippen LogP contribution is 2.37. The number of fused-ring (bicyclic) bond motifs is 1. The molecule has 1 aliphatic rings. The molecule has 0 radical (unpaired) electrons. The van der Waals surface area contributed by atoms with Gasteiger partial charge in [-0.25, -0.2) is 9.36 Å². The largest absolute Gasteiger partial charge is 0.524 e. The van der Waals surface area contributed by atoms with Crippen LogP contribution in [0.3, 0.4) is 0 Å². The van der Waals surface area contributed by atoms with Gasteiger partial charge in [0.2, 0.25) is 5.91 Å². The third-order valence-electron chi connectivity index (χ3n) is 8.63. The molecule has 264 valence electrons. The van der Waals surface area contributed by atoms with Gasteiger partial charge in [0.05, 0.1) is 19.2 Å². The van der Waals surface area contributed by atoms with E-state index in [0.717, 1.165) is 62.9 Å². The zero-order valence-corrected chi connectivity index (χ0v) is 28.5. The molecule has 16 heteroatoms. The van der Waals surface area contributed by atoms with Crippen LogP contribution in [0.25, 0.3) is 11.2 Å². The minimum absolute atomic E-state index is 0.0426. The van der Waals surface area contributed by atoms with Gasteiger partial charge in [-0.1, -0.05) is 49.7 Å². The van der Waals surface area contributed by atoms with Crippen molar-refractivity contribution in [2.75, 3.05) is 32.0 Å². The Balaban J connectivity index is 1.03. The number of aromatic amines is 1. The van der Waals surface area contributed by atoms with E-state index in [9.17, 15) is 14.2 Å². The third kappa shape index (κ3) is 10.4. The van der Waals surface area contributed by atoms with Crippen molar-refractivity contribution in [1.82, 2.24) is 29.7 Å². The van der Waals surface area contributed by atoms with Gasteiger partial charge in [-0.3, -0.25) is 24.0 Å². The zero-order valence-electron chi connectivity index (χ0n) is 27.6. The van der Waals surface area contributed by atoms with Gasteiger partial charge in [0.25, 0.3) is 0 Å². The van der Waals surface area contributed by atoms with Crippen LogP contribution in [0.2, 0.25) is 0 Å². The molecule has 5 rings (SSSR count). The maximum Gasteiger partial charge on any atom is 0.524 e. The lowest BCUT2D eigenvalue weighted by Crippen LogP contribution is -2.43. The first-order chi connectivity index (χ1) is 23.5. The Hall–Kier alpha value is -4.27. The van der Waals surface area contributed by atoms with E-state index in [1.807, 2.05) is 12.1 Å². The fourth-order valence-corrected chi connectivity index (χ4v) is 6.27. The fraction of sp³-hybridized carbons (Fsp3) is 0.455. The van der Waals surface area contributed by atoms with Crippen molar-refractivity contribution >= 4 is 30.7 Å². The highest BCUT2D eigenvalue weighted by molar-refractivity contribution is 7.46. The Morgan fingerprint density at radius 3 is 2.37 bits per heavy atom. The fourth-order valence-electron chi connectivity index (χ4n) is 5.87. The van der Waals surface area contributed by atoms with Crippen molar-refractivity contribution < 1.29 is 28.4 Å². The number of rotatable bonds is 16. The number of amides is 1. The van der Waals surface area contributed by atoms with E-state index in [1.54, 1.807) is 16.7 Å². The van der Waals surface area contributed by atoms with Crippen molar-refractivity contribution in [3.8, 4) is 11.8 Å². The summed E-state index contributed by atoms with van der Waals surface area (Å²) >= 11 is 0. The van der Waals surface area contributed by atoms with Gasteiger partial charge in [-0.05, 0) is 79.9 Å². The van der Waals surface area contributed by atoms with Crippen LogP contribution >= 0.6 is 7.82 Å². The Morgan fingerprint density at radius 2 is 1.71 bits per heavy atom. The molecule has 15 nitrogen and oxygen atoms in total. The number of hydrogen-bond acceptors (Lipinski definition) is 10. The number of carbonyl (C=O) groups excluding carboxylic acids is 1. The number of likely N-dealkylation sites (tertiary alicyclic amines) is 1. The molecule has 1 atom stereocenters. The van der Waals surface area contributed by atoms with Gasteiger partial charge in [-0.2, -0.15) is 9.97 Å². The third-order valence-corrected chi connectivity index (χ3v) is 9.08. The van der Waals surface area contributed by atoms with Gasteiger partial charge < -0.3 is 31.0 Å². The van der Waals surface area contributed by atoms with Crippen LogP contribution in [-0.4, -0.2) is 72.4 Å². The van der Waals surface area contributed by atoms with Gasteiger partial charge in [0.15, 0.2) is 11.5 Å². The molecule has 49 heavy (non-hydrogen) atoms. The van der Waals surface area contributed by atoms with Crippen LogP contribution in [0.4, 0.5) is 5.82 Å². The average Bonchev–Trinajstić information content (AvgIpc) is 3.38. The minimum atomic E-state index is -4.62. The molecule has 1 amide bonds. The number of piperidine rings is 1. The number of benzene rings is 2. The summed E-state index contributed by atoms with van der Waals surface area (Å²) in [6, 6.07) is 13.8. The van der Waals surface area contributed by atoms with Crippen LogP contribution in [-0.2, 0) is 28.9 Å². The summed E-state index contributed by atoms with van der Waals surface area (Å²) in [5.41, 5.74) is 15.6. The SMILES string of the molecule is CCCCOc1nc(N)c2[nH]c(=O)n(Cc3ccc(CN4CCC(CCNC(=O)C(N)Cc5ccc(OP(=O)(O)O)cc5)CC4)cc3)c2n1. The summed E-state index contributed by atoms with van der Waals surface area (Å²) in [4.78, 5) is 56.9. The highest BCUT2D eigenvalue weighted by Gasteiger charge is 2.21. The standard InChI is InChI=1S/C33H45N8O7P/c1-2-3-18-47-32-38-29(35)28-30(39-32)41(33(43)37-28)21-25-6-4-24(5-7-25)20-40-16-13-22(14-17-40)12-15-36-31(42)27(34)19-23-8-10-26(11-9-23)48-49(44,45)46/h4-11,22,27H,2-3,12-21,34H2,1H3,(H,36,42)(H,37,43)(H2,35,38,39)(H2,44,45,46). The molecule has 1 aliphatic heterocycles. The molecule has 2 aromatic carbocycles. The number of imidazole rings is 1. The minimum Gasteiger partial charge on any atom is -0.463 e. The predicted molar refractivity (Wildman–Crippen MR) is 185 cm³/mol. The first-order valence-electron chi connectivity index (χ1n) is 16.5. The van der Waals surface area contributed by atoms with Crippen molar-refractivity contribution in [2.45, 2.75) is 64.6 Å². The van der Waals surface area contributed by atoms with E-state index in [1.165, 1.54) is 17.7 Å². The summed E-state index contributed by atoms with van der Waals surface area (Å²) < 4.78 is 22.7. The lowest BCUT2D eigenvalue weighted by atomic mass is 9.93. The lowest BCUT2D eigenvalue weighted by Gasteiger charge is -2.32. The molecular formula is C33H45N8O7P. The molecule has 1 unspecified atom stereocenters. The predicted octanol–water partition coefficient (Wildman–Crippen LogP) is 2.69. The molecule has 0 spiro atoms. The Labute approximate surface area is 284 Å². The normalized spacial score (nSPS) is 14.9. The second kappa shape index (κ2) is 16.4. The summed E-state index contributed by atoms with van der Waals surface area (Å²) in [7, 11) is -4.62. The van der Waals surface area contributed by atoms with Gasteiger partial charge >= 0.3 is 19.5 Å². The average molecular weight is 697 g/mol. The first-order valence-corrected chi connectivity index (χ1v) is 18.1. The van der Waals surface area contributed by atoms with Crippen LogP contribution in [0.5, 0.6) is 11.8 Å². The maximum atomic E-state index is 12.7. The Morgan fingerprint density at radius 1 is 1.06 bits per heavy atom. The van der Waals surface area contributed by atoms with Crippen molar-refractivity contribution in [2.24, 2.45) is 11.7 Å². The van der Waals surface area contributed by atoms with Crippen LogP contribution in [0.1, 0.15) is 55.7 Å². The number of anilines is 1. The number of phosphoric ester groups is 1. The van der Waals surface area contributed by atoms with Crippen molar-refractivity contribution in [3.63, 3.8) is 0 Å². The second-order valence-corrected chi connectivity index (χ2v) is 13.6. The number of unbranched alkanes of at least 4 members (excludes halogenated alkanes) is 1. The summed E-state index contributed by atoms with van der Waals surface area (Å²) in [6.07, 6.45) is 5.11. The maximum absolute atomic E-state index is 12.7.